The van der Waals surface area contributed by atoms with Gasteiger partial charge in [0.2, 0.25) is 0 Å². The van der Waals surface area contributed by atoms with Crippen LogP contribution in [0.5, 0.6) is 5.75 Å². The first-order valence-corrected chi connectivity index (χ1v) is 6.72. The topological polar surface area (TPSA) is 72.5 Å². The van der Waals surface area contributed by atoms with Crippen molar-refractivity contribution in [3.8, 4) is 5.75 Å². The quantitative estimate of drug-likeness (QED) is 0.871. The van der Waals surface area contributed by atoms with Crippen molar-refractivity contribution >= 4 is 5.97 Å². The van der Waals surface area contributed by atoms with Crippen LogP contribution in [-0.4, -0.2) is 24.7 Å². The van der Waals surface area contributed by atoms with Crippen LogP contribution < -0.4 is 10.5 Å². The van der Waals surface area contributed by atoms with Gasteiger partial charge in [0.05, 0.1) is 13.0 Å². The lowest BCUT2D eigenvalue weighted by molar-refractivity contribution is -0.138. The Bertz CT molecular complexity index is 497. The van der Waals surface area contributed by atoms with E-state index in [-0.39, 0.29) is 6.54 Å². The third-order valence-electron chi connectivity index (χ3n) is 4.04. The molecule has 0 aromatic heterocycles. The molecule has 4 nitrogen and oxygen atoms in total. The lowest BCUT2D eigenvalue weighted by atomic mass is 9.82. The van der Waals surface area contributed by atoms with Crippen LogP contribution in [0.15, 0.2) is 6.07 Å². The number of ether oxygens (including phenoxy) is 1. The number of hydrogen-bond donors (Lipinski definition) is 2. The molecule has 0 saturated carbocycles. The van der Waals surface area contributed by atoms with Crippen LogP contribution in [-0.2, 0) is 17.6 Å². The Morgan fingerprint density at radius 3 is 2.74 bits per heavy atom. The number of aryl methyl sites for hydroxylation is 1. The maximum Gasteiger partial charge on any atom is 0.312 e. The molecule has 4 heteroatoms. The molecule has 1 aliphatic rings. The van der Waals surface area contributed by atoms with Crippen LogP contribution in [0.1, 0.15) is 41.0 Å². The average Bonchev–Trinajstić information content (AvgIpc) is 2.41. The number of fused-ring (bicyclic) bond motifs is 1. The Labute approximate surface area is 113 Å². The van der Waals surface area contributed by atoms with Gasteiger partial charge < -0.3 is 15.6 Å². The van der Waals surface area contributed by atoms with Crippen LogP contribution in [0, 0.1) is 6.92 Å². The number of methoxy groups -OCH3 is 1. The zero-order valence-corrected chi connectivity index (χ0v) is 11.5. The highest BCUT2D eigenvalue weighted by atomic mass is 16.5. The van der Waals surface area contributed by atoms with Crippen molar-refractivity contribution in [1.29, 1.82) is 0 Å². The van der Waals surface area contributed by atoms with Gasteiger partial charge in [0.25, 0.3) is 0 Å². The van der Waals surface area contributed by atoms with E-state index in [4.69, 9.17) is 10.5 Å². The van der Waals surface area contributed by atoms with Crippen molar-refractivity contribution in [2.45, 2.75) is 38.5 Å². The first kappa shape index (κ1) is 13.9. The minimum Gasteiger partial charge on any atom is -0.496 e. The lowest BCUT2D eigenvalue weighted by Crippen LogP contribution is -2.24. The summed E-state index contributed by atoms with van der Waals surface area (Å²) in [4.78, 5) is 11.4. The van der Waals surface area contributed by atoms with E-state index in [1.807, 2.05) is 13.0 Å². The third kappa shape index (κ3) is 2.45. The standard InChI is InChI=1S/C15H21NO3/c1-9-11-6-4-3-5-10(11)7-13(19-2)14(9)12(8-16)15(17)18/h7,12H,3-6,8,16H2,1-2H3,(H,17,18). The molecule has 1 unspecified atom stereocenters. The molecule has 1 aromatic rings. The van der Waals surface area contributed by atoms with Gasteiger partial charge in [-0.25, -0.2) is 0 Å². The van der Waals surface area contributed by atoms with E-state index >= 15 is 0 Å². The van der Waals surface area contributed by atoms with Gasteiger partial charge in [0.15, 0.2) is 0 Å². The van der Waals surface area contributed by atoms with E-state index in [1.54, 1.807) is 7.11 Å². The smallest absolute Gasteiger partial charge is 0.312 e. The van der Waals surface area contributed by atoms with Gasteiger partial charge in [-0.05, 0) is 55.4 Å². The Balaban J connectivity index is 2.61. The van der Waals surface area contributed by atoms with Crippen molar-refractivity contribution in [2.24, 2.45) is 5.73 Å². The summed E-state index contributed by atoms with van der Waals surface area (Å²) >= 11 is 0. The fraction of sp³-hybridized carbons (Fsp3) is 0.533. The minimum atomic E-state index is -0.889. The molecular weight excluding hydrogens is 242 g/mol. The van der Waals surface area contributed by atoms with Crippen LogP contribution in [0.4, 0.5) is 0 Å². The van der Waals surface area contributed by atoms with Gasteiger partial charge >= 0.3 is 5.97 Å². The Morgan fingerprint density at radius 2 is 2.16 bits per heavy atom. The normalized spacial score (nSPS) is 15.7. The van der Waals surface area contributed by atoms with Crippen LogP contribution in [0.25, 0.3) is 0 Å². The molecule has 104 valence electrons. The molecule has 0 saturated heterocycles. The number of hydrogen-bond acceptors (Lipinski definition) is 3. The largest absolute Gasteiger partial charge is 0.496 e. The number of carboxylic acid groups (broad SMARTS) is 1. The van der Waals surface area contributed by atoms with E-state index in [0.29, 0.717) is 5.75 Å². The SMILES string of the molecule is COc1cc2c(c(C)c1C(CN)C(=O)O)CCCC2. The summed E-state index contributed by atoms with van der Waals surface area (Å²) in [5, 5.41) is 9.34. The van der Waals surface area contributed by atoms with Gasteiger partial charge in [-0.15, -0.1) is 0 Å². The molecule has 1 aliphatic carbocycles. The molecule has 0 amide bonds. The molecule has 1 aromatic carbocycles. The molecule has 2 rings (SSSR count). The molecule has 1 atom stereocenters. The molecular formula is C15H21NO3. The highest BCUT2D eigenvalue weighted by Gasteiger charge is 2.27. The number of carboxylic acids is 1. The van der Waals surface area contributed by atoms with E-state index in [9.17, 15) is 9.90 Å². The number of benzene rings is 1. The summed E-state index contributed by atoms with van der Waals surface area (Å²) in [7, 11) is 1.59. The predicted molar refractivity (Wildman–Crippen MR) is 73.8 cm³/mol. The number of nitrogens with two attached hydrogens (primary N) is 1. The Kier molecular flexibility index (Phi) is 4.10. The fourth-order valence-corrected chi connectivity index (χ4v) is 3.04. The predicted octanol–water partition coefficient (Wildman–Crippen LogP) is 2.01. The summed E-state index contributed by atoms with van der Waals surface area (Å²) in [5.74, 6) is -0.919. The summed E-state index contributed by atoms with van der Waals surface area (Å²) in [6.07, 6.45) is 4.43. The molecule has 0 radical (unpaired) electrons. The lowest BCUT2D eigenvalue weighted by Gasteiger charge is -2.25. The second-order valence-corrected chi connectivity index (χ2v) is 5.09. The van der Waals surface area contributed by atoms with E-state index in [2.05, 4.69) is 0 Å². The number of aliphatic carboxylic acids is 1. The van der Waals surface area contributed by atoms with Crippen LogP contribution in [0.3, 0.4) is 0 Å². The average molecular weight is 263 g/mol. The van der Waals surface area contributed by atoms with E-state index in [0.717, 1.165) is 24.0 Å². The highest BCUT2D eigenvalue weighted by Crippen LogP contribution is 2.37. The van der Waals surface area contributed by atoms with E-state index < -0.39 is 11.9 Å². The van der Waals surface area contributed by atoms with E-state index in [1.165, 1.54) is 24.0 Å². The molecule has 3 N–H and O–H groups in total. The number of carbonyl (C=O) groups is 1. The summed E-state index contributed by atoms with van der Waals surface area (Å²) < 4.78 is 5.41. The van der Waals surface area contributed by atoms with Crippen molar-refractivity contribution < 1.29 is 14.6 Å². The third-order valence-corrected chi connectivity index (χ3v) is 4.04. The van der Waals surface area contributed by atoms with Crippen LogP contribution in [0.2, 0.25) is 0 Å². The molecule has 0 bridgehead atoms. The molecule has 19 heavy (non-hydrogen) atoms. The van der Waals surface area contributed by atoms with Gasteiger partial charge in [0.1, 0.15) is 5.75 Å². The maximum atomic E-state index is 11.4. The molecule has 0 heterocycles. The van der Waals surface area contributed by atoms with Gasteiger partial charge in [-0.1, -0.05) is 0 Å². The summed E-state index contributed by atoms with van der Waals surface area (Å²) in [5.41, 5.74) is 10.0. The van der Waals surface area contributed by atoms with Gasteiger partial charge in [0, 0.05) is 12.1 Å². The number of rotatable bonds is 4. The van der Waals surface area contributed by atoms with Gasteiger partial charge in [-0.2, -0.15) is 0 Å². The maximum absolute atomic E-state index is 11.4. The fourth-order valence-electron chi connectivity index (χ4n) is 3.04. The molecule has 0 fully saturated rings. The first-order chi connectivity index (χ1) is 9.10. The molecule has 0 spiro atoms. The van der Waals surface area contributed by atoms with Crippen molar-refractivity contribution in [3.63, 3.8) is 0 Å². The molecule has 0 aliphatic heterocycles. The zero-order valence-electron chi connectivity index (χ0n) is 11.5. The summed E-state index contributed by atoms with van der Waals surface area (Å²) in [6, 6.07) is 2.00. The van der Waals surface area contributed by atoms with Crippen LogP contribution >= 0.6 is 0 Å². The van der Waals surface area contributed by atoms with Crippen molar-refractivity contribution in [3.05, 3.63) is 28.3 Å². The highest BCUT2D eigenvalue weighted by molar-refractivity contribution is 5.79. The van der Waals surface area contributed by atoms with Crippen molar-refractivity contribution in [1.82, 2.24) is 0 Å². The first-order valence-electron chi connectivity index (χ1n) is 6.72. The summed E-state index contributed by atoms with van der Waals surface area (Å²) in [6.45, 7) is 2.08. The second kappa shape index (κ2) is 5.61. The Morgan fingerprint density at radius 1 is 1.47 bits per heavy atom. The minimum absolute atomic E-state index is 0.0886. The van der Waals surface area contributed by atoms with Crippen molar-refractivity contribution in [2.75, 3.05) is 13.7 Å². The monoisotopic (exact) mass is 263 g/mol. The zero-order chi connectivity index (χ0) is 14.0. The van der Waals surface area contributed by atoms with Gasteiger partial charge in [-0.3, -0.25) is 4.79 Å². The Hall–Kier alpha value is -1.55. The second-order valence-electron chi connectivity index (χ2n) is 5.09.